The molecule has 0 radical (unpaired) electrons. The van der Waals surface area contributed by atoms with Crippen LogP contribution in [0.2, 0.25) is 10.2 Å². The Morgan fingerprint density at radius 3 is 2.33 bits per heavy atom. The number of amides is 1. The third-order valence-electron chi connectivity index (χ3n) is 3.33. The Labute approximate surface area is 154 Å². The second-order valence-electron chi connectivity index (χ2n) is 4.85. The lowest BCUT2D eigenvalue weighted by molar-refractivity contribution is 0.102. The number of hydrogen-bond acceptors (Lipinski definition) is 2. The first-order valence-corrected chi connectivity index (χ1v) is 7.67. The molecule has 0 aliphatic heterocycles. The average molecular weight is 375 g/mol. The number of carbonyl (C=O) groups excluding carboxylic acids is 1. The third-order valence-corrected chi connectivity index (χ3v) is 3.89. The predicted molar refractivity (Wildman–Crippen MR) is 105 cm³/mol. The summed E-state index contributed by atoms with van der Waals surface area (Å²) in [5, 5.41) is 3.72. The van der Waals surface area contributed by atoms with Crippen LogP contribution in [0.15, 0.2) is 66.9 Å². The van der Waals surface area contributed by atoms with E-state index in [2.05, 4.69) is 10.3 Å². The van der Waals surface area contributed by atoms with Crippen LogP contribution in [-0.4, -0.2) is 21.9 Å². The number of aromatic nitrogens is 1. The van der Waals surface area contributed by atoms with Crippen molar-refractivity contribution in [1.82, 2.24) is 4.98 Å². The smallest absolute Gasteiger partial charge is 0.258 e. The fourth-order valence-corrected chi connectivity index (χ4v) is 2.55. The van der Waals surface area contributed by atoms with Crippen LogP contribution in [0.4, 0.5) is 5.69 Å². The van der Waals surface area contributed by atoms with Crippen molar-refractivity contribution in [3.63, 3.8) is 0 Å². The SMILES string of the molecule is O=C(Nc1ccccc1-c1ccc(Cl)cc1)c1cccnc1Cl.[SiH4]. The summed E-state index contributed by atoms with van der Waals surface area (Å²) in [5.74, 6) is -0.301. The number of benzene rings is 2. The molecule has 0 fully saturated rings. The van der Waals surface area contributed by atoms with Gasteiger partial charge in [-0.3, -0.25) is 4.79 Å². The fraction of sp³-hybridized carbons (Fsp3) is 0. The van der Waals surface area contributed by atoms with E-state index in [1.165, 1.54) is 0 Å². The summed E-state index contributed by atoms with van der Waals surface area (Å²) in [6.45, 7) is 0. The normalized spacial score (nSPS) is 9.92. The quantitative estimate of drug-likeness (QED) is 0.558. The fourth-order valence-electron chi connectivity index (χ4n) is 2.22. The van der Waals surface area contributed by atoms with Crippen molar-refractivity contribution in [1.29, 1.82) is 0 Å². The molecule has 0 bridgehead atoms. The van der Waals surface area contributed by atoms with Crippen LogP contribution >= 0.6 is 23.2 Å². The summed E-state index contributed by atoms with van der Waals surface area (Å²) >= 11 is 11.9. The lowest BCUT2D eigenvalue weighted by atomic mass is 10.0. The number of para-hydroxylation sites is 1. The van der Waals surface area contributed by atoms with Crippen LogP contribution in [0.3, 0.4) is 0 Å². The molecule has 1 amide bonds. The molecule has 0 aliphatic rings. The van der Waals surface area contributed by atoms with Gasteiger partial charge in [0.05, 0.1) is 5.56 Å². The van der Waals surface area contributed by atoms with E-state index >= 15 is 0 Å². The van der Waals surface area contributed by atoms with Crippen LogP contribution in [-0.2, 0) is 0 Å². The standard InChI is InChI=1S/C18H12Cl2N2O.H4Si/c19-13-9-7-12(8-10-13)14-4-1-2-6-16(14)22-18(23)15-5-3-11-21-17(15)20;/h1-11H,(H,22,23);1H4. The Morgan fingerprint density at radius 2 is 1.62 bits per heavy atom. The topological polar surface area (TPSA) is 42.0 Å². The molecule has 3 rings (SSSR count). The van der Waals surface area contributed by atoms with Crippen LogP contribution < -0.4 is 5.32 Å². The molecule has 2 aromatic carbocycles. The molecule has 0 spiro atoms. The highest BCUT2D eigenvalue weighted by molar-refractivity contribution is 6.33. The molecular formula is C18H16Cl2N2OSi. The van der Waals surface area contributed by atoms with Gasteiger partial charge in [0, 0.05) is 22.5 Å². The van der Waals surface area contributed by atoms with Gasteiger partial charge >= 0.3 is 0 Å². The van der Waals surface area contributed by atoms with Crippen molar-refractivity contribution < 1.29 is 4.79 Å². The third kappa shape index (κ3) is 4.03. The maximum Gasteiger partial charge on any atom is 0.258 e. The molecule has 0 saturated carbocycles. The maximum absolute atomic E-state index is 12.4. The highest BCUT2D eigenvalue weighted by Crippen LogP contribution is 2.29. The Bertz CT molecular complexity index is 854. The summed E-state index contributed by atoms with van der Waals surface area (Å²) in [6, 6.07) is 18.3. The highest BCUT2D eigenvalue weighted by Gasteiger charge is 2.13. The zero-order chi connectivity index (χ0) is 16.2. The number of hydrogen-bond donors (Lipinski definition) is 1. The molecule has 1 heterocycles. The van der Waals surface area contributed by atoms with Gasteiger partial charge in [0.25, 0.3) is 5.91 Å². The van der Waals surface area contributed by atoms with Crippen molar-refractivity contribution in [3.05, 3.63) is 82.6 Å². The highest BCUT2D eigenvalue weighted by atomic mass is 35.5. The average Bonchev–Trinajstić information content (AvgIpc) is 2.56. The van der Waals surface area contributed by atoms with E-state index in [0.717, 1.165) is 11.1 Å². The summed E-state index contributed by atoms with van der Waals surface area (Å²) in [5.41, 5.74) is 2.89. The van der Waals surface area contributed by atoms with E-state index in [0.29, 0.717) is 16.3 Å². The number of halogens is 2. The summed E-state index contributed by atoms with van der Waals surface area (Å²) in [4.78, 5) is 16.3. The minimum atomic E-state index is -0.301. The van der Waals surface area contributed by atoms with Crippen LogP contribution in [0, 0.1) is 0 Å². The van der Waals surface area contributed by atoms with Gasteiger partial charge in [-0.05, 0) is 46.9 Å². The number of nitrogens with zero attached hydrogens (tertiary/aromatic N) is 1. The lowest BCUT2D eigenvalue weighted by Gasteiger charge is -2.12. The van der Waals surface area contributed by atoms with Crippen LogP contribution in [0.5, 0.6) is 0 Å². The Balaban J connectivity index is 0.00000208. The van der Waals surface area contributed by atoms with E-state index in [9.17, 15) is 4.79 Å². The number of anilines is 1. The van der Waals surface area contributed by atoms with E-state index in [-0.39, 0.29) is 22.0 Å². The van der Waals surface area contributed by atoms with E-state index in [1.807, 2.05) is 48.5 Å². The number of carbonyl (C=O) groups is 1. The summed E-state index contributed by atoms with van der Waals surface area (Å²) in [7, 11) is 0. The molecule has 3 nitrogen and oxygen atoms in total. The van der Waals surface area contributed by atoms with Gasteiger partial charge in [-0.25, -0.2) is 4.98 Å². The zero-order valence-electron chi connectivity index (χ0n) is 12.0. The van der Waals surface area contributed by atoms with Crippen LogP contribution in [0.1, 0.15) is 10.4 Å². The van der Waals surface area contributed by atoms with Gasteiger partial charge in [0.15, 0.2) is 0 Å². The molecule has 24 heavy (non-hydrogen) atoms. The predicted octanol–water partition coefficient (Wildman–Crippen LogP) is 3.86. The molecule has 0 atom stereocenters. The monoisotopic (exact) mass is 374 g/mol. The molecule has 6 heteroatoms. The molecule has 1 aromatic heterocycles. The Kier molecular flexibility index (Phi) is 6.14. The van der Waals surface area contributed by atoms with E-state index in [1.54, 1.807) is 18.3 Å². The number of nitrogens with one attached hydrogen (secondary N) is 1. The van der Waals surface area contributed by atoms with Crippen molar-refractivity contribution in [2.75, 3.05) is 5.32 Å². The van der Waals surface area contributed by atoms with E-state index < -0.39 is 0 Å². The molecule has 122 valence electrons. The summed E-state index contributed by atoms with van der Waals surface area (Å²) < 4.78 is 0. The lowest BCUT2D eigenvalue weighted by Crippen LogP contribution is -2.13. The Hall–Kier alpha value is -2.14. The zero-order valence-corrected chi connectivity index (χ0v) is 13.5. The van der Waals surface area contributed by atoms with Crippen molar-refractivity contribution in [2.45, 2.75) is 0 Å². The first-order valence-electron chi connectivity index (χ1n) is 6.92. The largest absolute Gasteiger partial charge is 0.321 e. The van der Waals surface area contributed by atoms with Gasteiger partial charge in [-0.2, -0.15) is 0 Å². The van der Waals surface area contributed by atoms with Gasteiger partial charge in [-0.15, -0.1) is 0 Å². The van der Waals surface area contributed by atoms with Crippen molar-refractivity contribution in [3.8, 4) is 11.1 Å². The molecule has 3 aromatic rings. The van der Waals surface area contributed by atoms with Crippen molar-refractivity contribution >= 4 is 45.8 Å². The van der Waals surface area contributed by atoms with Gasteiger partial charge in [0.2, 0.25) is 0 Å². The second kappa shape index (κ2) is 8.10. The van der Waals surface area contributed by atoms with Gasteiger partial charge < -0.3 is 5.32 Å². The second-order valence-corrected chi connectivity index (χ2v) is 5.64. The molecule has 1 N–H and O–H groups in total. The molecular weight excluding hydrogens is 359 g/mol. The van der Waals surface area contributed by atoms with Gasteiger partial charge in [0.1, 0.15) is 5.15 Å². The van der Waals surface area contributed by atoms with Gasteiger partial charge in [-0.1, -0.05) is 53.5 Å². The maximum atomic E-state index is 12.4. The number of rotatable bonds is 3. The van der Waals surface area contributed by atoms with Crippen molar-refractivity contribution in [2.24, 2.45) is 0 Å². The molecule has 0 unspecified atom stereocenters. The molecule has 0 aliphatic carbocycles. The summed E-state index contributed by atoms with van der Waals surface area (Å²) in [6.07, 6.45) is 1.54. The van der Waals surface area contributed by atoms with E-state index in [4.69, 9.17) is 23.2 Å². The Morgan fingerprint density at radius 1 is 0.917 bits per heavy atom. The van der Waals surface area contributed by atoms with Crippen LogP contribution in [0.25, 0.3) is 11.1 Å². The number of pyridine rings is 1. The molecule has 0 saturated heterocycles. The minimum Gasteiger partial charge on any atom is -0.321 e. The first kappa shape index (κ1) is 18.2. The minimum absolute atomic E-state index is 0. The first-order chi connectivity index (χ1) is 11.1.